The number of nitro groups is 1. The van der Waals surface area contributed by atoms with E-state index in [-0.39, 0.29) is 30.4 Å². The third-order valence-electron chi connectivity index (χ3n) is 5.70. The van der Waals surface area contributed by atoms with E-state index in [0.717, 1.165) is 16.5 Å². The Morgan fingerprint density at radius 3 is 2.84 bits per heavy atom. The zero-order valence-corrected chi connectivity index (χ0v) is 21.3. The average Bonchev–Trinajstić information content (AvgIpc) is 3.36. The van der Waals surface area contributed by atoms with Gasteiger partial charge in [-0.05, 0) is 48.4 Å². The van der Waals surface area contributed by atoms with Gasteiger partial charge in [0.05, 0.1) is 22.0 Å². The molecule has 10 nitrogen and oxygen atoms in total. The van der Waals surface area contributed by atoms with E-state index >= 15 is 0 Å². The van der Waals surface area contributed by atoms with Crippen molar-refractivity contribution in [1.29, 1.82) is 0 Å². The van der Waals surface area contributed by atoms with Gasteiger partial charge in [0.1, 0.15) is 12.4 Å². The van der Waals surface area contributed by atoms with E-state index in [1.165, 1.54) is 17.0 Å². The zero-order chi connectivity index (χ0) is 25.9. The number of fused-ring (bicyclic) bond motifs is 2. The van der Waals surface area contributed by atoms with E-state index < -0.39 is 4.92 Å². The fraction of sp³-hybridized carbons (Fsp3) is 0.192. The minimum atomic E-state index is -0.518. The highest BCUT2D eigenvalue weighted by Gasteiger charge is 2.20. The second-order valence-corrected chi connectivity index (χ2v) is 9.15. The monoisotopic (exact) mass is 564 g/mol. The minimum Gasteiger partial charge on any atom is -0.481 e. The molecular weight excluding hydrogens is 544 g/mol. The summed E-state index contributed by atoms with van der Waals surface area (Å²) < 4.78 is 18.6. The second kappa shape index (κ2) is 10.4. The summed E-state index contributed by atoms with van der Waals surface area (Å²) in [5.41, 5.74) is 1.12. The summed E-state index contributed by atoms with van der Waals surface area (Å²) in [4.78, 5) is 29.1. The number of hydrogen-bond donors (Lipinski definition) is 0. The van der Waals surface area contributed by atoms with Crippen LogP contribution in [0.25, 0.3) is 10.9 Å². The smallest absolute Gasteiger partial charge is 0.311 e. The van der Waals surface area contributed by atoms with Gasteiger partial charge in [-0.3, -0.25) is 14.9 Å². The Labute approximate surface area is 219 Å². The van der Waals surface area contributed by atoms with Crippen molar-refractivity contribution in [2.45, 2.75) is 26.4 Å². The lowest BCUT2D eigenvalue weighted by Crippen LogP contribution is -2.22. The molecule has 5 rings (SSSR count). The van der Waals surface area contributed by atoms with Crippen molar-refractivity contribution in [1.82, 2.24) is 9.66 Å². The van der Waals surface area contributed by atoms with Gasteiger partial charge < -0.3 is 14.2 Å². The first-order valence-electron chi connectivity index (χ1n) is 11.5. The van der Waals surface area contributed by atoms with E-state index in [2.05, 4.69) is 26.0 Å². The van der Waals surface area contributed by atoms with Gasteiger partial charge >= 0.3 is 5.69 Å². The standard InChI is InChI=1S/C26H21BrN4O6/c1-2-4-24-29-20-9-8-18(27)12-19(20)26(32)30(24)28-13-17-5-3-6-21(31(33)34)25(17)35-14-16-7-10-22-23(11-16)37-15-36-22/h3,5-13H,2,4,14-15H2,1H3. The molecule has 0 N–H and O–H groups in total. The average molecular weight is 565 g/mol. The van der Waals surface area contributed by atoms with Crippen LogP contribution in [0.1, 0.15) is 30.3 Å². The number of para-hydroxylation sites is 1. The molecule has 3 aromatic carbocycles. The summed E-state index contributed by atoms with van der Waals surface area (Å²) in [5, 5.41) is 16.6. The summed E-state index contributed by atoms with van der Waals surface area (Å²) in [6.07, 6.45) is 2.67. The molecule has 0 atom stereocenters. The van der Waals surface area contributed by atoms with Gasteiger partial charge in [-0.2, -0.15) is 9.78 Å². The SMILES string of the molecule is CCCc1nc2ccc(Br)cc2c(=O)n1N=Cc1cccc([N+](=O)[O-])c1OCc1ccc2c(c1)OCO2. The molecule has 1 aliphatic heterocycles. The van der Waals surface area contributed by atoms with Crippen LogP contribution >= 0.6 is 15.9 Å². The van der Waals surface area contributed by atoms with E-state index in [1.54, 1.807) is 42.5 Å². The maximum absolute atomic E-state index is 13.3. The number of nitrogens with zero attached hydrogens (tertiary/aromatic N) is 4. The van der Waals surface area contributed by atoms with Crippen LogP contribution in [0.5, 0.6) is 17.2 Å². The number of nitro benzene ring substituents is 1. The maximum atomic E-state index is 13.3. The first kappa shape index (κ1) is 24.4. The van der Waals surface area contributed by atoms with Gasteiger partial charge in [-0.15, -0.1) is 0 Å². The predicted octanol–water partition coefficient (Wildman–Crippen LogP) is 5.21. The van der Waals surface area contributed by atoms with Crippen LogP contribution in [0.2, 0.25) is 0 Å². The Hall–Kier alpha value is -4.25. The highest BCUT2D eigenvalue weighted by molar-refractivity contribution is 9.10. The van der Waals surface area contributed by atoms with E-state index in [0.29, 0.717) is 40.2 Å². The van der Waals surface area contributed by atoms with Gasteiger partial charge in [0.15, 0.2) is 11.5 Å². The topological polar surface area (TPSA) is 118 Å². The van der Waals surface area contributed by atoms with Crippen LogP contribution in [-0.4, -0.2) is 27.6 Å². The lowest BCUT2D eigenvalue weighted by Gasteiger charge is -2.11. The highest BCUT2D eigenvalue weighted by Crippen LogP contribution is 2.34. The fourth-order valence-corrected chi connectivity index (χ4v) is 4.31. The third kappa shape index (κ3) is 5.03. The Balaban J connectivity index is 1.53. The van der Waals surface area contributed by atoms with Crippen LogP contribution in [0, 0.1) is 10.1 Å². The largest absolute Gasteiger partial charge is 0.481 e. The Kier molecular flexibility index (Phi) is 6.87. The van der Waals surface area contributed by atoms with E-state index in [1.807, 2.05) is 13.0 Å². The molecule has 4 aromatic rings. The molecule has 0 bridgehead atoms. The summed E-state index contributed by atoms with van der Waals surface area (Å²) >= 11 is 3.39. The van der Waals surface area contributed by atoms with Gasteiger partial charge in [-0.1, -0.05) is 35.0 Å². The molecule has 37 heavy (non-hydrogen) atoms. The lowest BCUT2D eigenvalue weighted by atomic mass is 10.1. The van der Waals surface area contributed by atoms with Crippen molar-refractivity contribution < 1.29 is 19.1 Å². The molecule has 0 saturated heterocycles. The first-order valence-corrected chi connectivity index (χ1v) is 12.3. The molecule has 2 heterocycles. The summed E-state index contributed by atoms with van der Waals surface area (Å²) in [6.45, 7) is 2.17. The molecule has 1 aliphatic rings. The normalized spacial score (nSPS) is 12.4. The quantitative estimate of drug-likeness (QED) is 0.164. The van der Waals surface area contributed by atoms with Gasteiger partial charge in [0.25, 0.3) is 5.56 Å². The summed E-state index contributed by atoms with van der Waals surface area (Å²) in [5.74, 6) is 1.75. The fourth-order valence-electron chi connectivity index (χ4n) is 3.95. The van der Waals surface area contributed by atoms with Crippen LogP contribution in [0.15, 0.2) is 69.0 Å². The number of halogens is 1. The number of ether oxygens (including phenoxy) is 3. The summed E-state index contributed by atoms with van der Waals surface area (Å²) in [6, 6.07) is 15.2. The van der Waals surface area contributed by atoms with E-state index in [9.17, 15) is 14.9 Å². The van der Waals surface area contributed by atoms with Crippen LogP contribution in [0.3, 0.4) is 0 Å². The van der Waals surface area contributed by atoms with Crippen molar-refractivity contribution in [3.05, 3.63) is 96.5 Å². The van der Waals surface area contributed by atoms with Crippen molar-refractivity contribution in [2.24, 2.45) is 5.10 Å². The first-order chi connectivity index (χ1) is 17.9. The van der Waals surface area contributed by atoms with Crippen LogP contribution < -0.4 is 19.8 Å². The lowest BCUT2D eigenvalue weighted by molar-refractivity contribution is -0.385. The third-order valence-corrected chi connectivity index (χ3v) is 6.20. The minimum absolute atomic E-state index is 0.0375. The Morgan fingerprint density at radius 1 is 1.19 bits per heavy atom. The van der Waals surface area contributed by atoms with Gasteiger partial charge in [0, 0.05) is 22.5 Å². The van der Waals surface area contributed by atoms with Crippen molar-refractivity contribution in [3.63, 3.8) is 0 Å². The molecule has 0 unspecified atom stereocenters. The van der Waals surface area contributed by atoms with Crippen LogP contribution in [0.4, 0.5) is 5.69 Å². The molecular formula is C26H21BrN4O6. The predicted molar refractivity (Wildman–Crippen MR) is 141 cm³/mol. The maximum Gasteiger partial charge on any atom is 0.311 e. The highest BCUT2D eigenvalue weighted by atomic mass is 79.9. The number of hydrogen-bond acceptors (Lipinski definition) is 8. The molecule has 0 radical (unpaired) electrons. The molecule has 0 saturated carbocycles. The number of rotatable bonds is 8. The molecule has 0 aliphatic carbocycles. The van der Waals surface area contributed by atoms with Gasteiger partial charge in [-0.25, -0.2) is 4.98 Å². The molecule has 0 fully saturated rings. The zero-order valence-electron chi connectivity index (χ0n) is 19.7. The van der Waals surface area contributed by atoms with Crippen molar-refractivity contribution in [2.75, 3.05) is 6.79 Å². The number of aromatic nitrogens is 2. The van der Waals surface area contributed by atoms with Crippen molar-refractivity contribution >= 4 is 38.7 Å². The van der Waals surface area contributed by atoms with Crippen LogP contribution in [-0.2, 0) is 13.0 Å². The molecule has 11 heteroatoms. The van der Waals surface area contributed by atoms with Gasteiger partial charge in [0.2, 0.25) is 12.5 Å². The number of aryl methyl sites for hydroxylation is 1. The number of benzene rings is 3. The molecule has 1 aromatic heterocycles. The Morgan fingerprint density at radius 2 is 2.03 bits per heavy atom. The summed E-state index contributed by atoms with van der Waals surface area (Å²) in [7, 11) is 0. The molecule has 0 amide bonds. The molecule has 0 spiro atoms. The van der Waals surface area contributed by atoms with Crippen molar-refractivity contribution in [3.8, 4) is 17.2 Å². The van der Waals surface area contributed by atoms with E-state index in [4.69, 9.17) is 14.2 Å². The Bertz CT molecular complexity index is 1600. The second-order valence-electron chi connectivity index (χ2n) is 8.23. The molecule has 188 valence electrons.